The first-order valence-electron chi connectivity index (χ1n) is 8.77. The molecule has 0 aliphatic carbocycles. The molecule has 0 bridgehead atoms. The Kier molecular flexibility index (Phi) is 5.16. The monoisotopic (exact) mass is 385 g/mol. The van der Waals surface area contributed by atoms with Gasteiger partial charge in [-0.3, -0.25) is 14.6 Å². The second-order valence-corrected chi connectivity index (χ2v) is 7.25. The first kappa shape index (κ1) is 19.6. The molecule has 0 N–H and O–H groups in total. The van der Waals surface area contributed by atoms with Crippen LogP contribution in [0.5, 0.6) is 0 Å². The normalized spacial score (nSPS) is 23.0. The molecule has 9 heteroatoms. The first-order valence-corrected chi connectivity index (χ1v) is 8.77. The Morgan fingerprint density at radius 1 is 1.33 bits per heavy atom. The lowest BCUT2D eigenvalue weighted by atomic mass is 9.71. The molecule has 0 aromatic carbocycles. The molecule has 27 heavy (non-hydrogen) atoms. The zero-order valence-electron chi connectivity index (χ0n) is 15.3. The Morgan fingerprint density at radius 2 is 2.00 bits per heavy atom. The number of aromatic nitrogens is 1. The van der Waals surface area contributed by atoms with Crippen molar-refractivity contribution >= 4 is 11.8 Å². The summed E-state index contributed by atoms with van der Waals surface area (Å²) in [6, 6.07) is 2.05. The van der Waals surface area contributed by atoms with Crippen LogP contribution in [0.25, 0.3) is 0 Å². The highest BCUT2D eigenvalue weighted by Crippen LogP contribution is 2.41. The van der Waals surface area contributed by atoms with Crippen molar-refractivity contribution in [3.63, 3.8) is 0 Å². The van der Waals surface area contributed by atoms with Crippen molar-refractivity contribution in [3.05, 3.63) is 29.6 Å². The molecule has 0 saturated carbocycles. The van der Waals surface area contributed by atoms with Gasteiger partial charge in [-0.1, -0.05) is 0 Å². The minimum Gasteiger partial charge on any atom is -0.380 e. The number of likely N-dealkylation sites (tertiary alicyclic amines) is 2. The van der Waals surface area contributed by atoms with Crippen molar-refractivity contribution in [2.24, 2.45) is 5.41 Å². The van der Waals surface area contributed by atoms with Crippen LogP contribution in [0.1, 0.15) is 35.3 Å². The van der Waals surface area contributed by atoms with Gasteiger partial charge in [0.25, 0.3) is 5.91 Å². The first-order chi connectivity index (χ1) is 12.7. The lowest BCUT2D eigenvalue weighted by molar-refractivity contribution is -0.155. The molecular weight excluding hydrogens is 363 g/mol. The van der Waals surface area contributed by atoms with E-state index in [1.165, 1.54) is 11.0 Å². The minimum absolute atomic E-state index is 0.0462. The van der Waals surface area contributed by atoms with Crippen molar-refractivity contribution in [1.82, 2.24) is 14.8 Å². The van der Waals surface area contributed by atoms with Gasteiger partial charge < -0.3 is 14.5 Å². The van der Waals surface area contributed by atoms with Crippen LogP contribution < -0.4 is 0 Å². The Bertz CT molecular complexity index is 730. The fourth-order valence-electron chi connectivity index (χ4n) is 4.00. The number of likely N-dealkylation sites (N-methyl/N-ethyl adjacent to an activating group) is 1. The van der Waals surface area contributed by atoms with Crippen molar-refractivity contribution in [2.45, 2.75) is 31.5 Å². The summed E-state index contributed by atoms with van der Waals surface area (Å²) < 4.78 is 43.9. The maximum absolute atomic E-state index is 12.8. The van der Waals surface area contributed by atoms with Crippen LogP contribution >= 0.6 is 0 Å². The Hall–Kier alpha value is -2.16. The molecule has 2 fully saturated rings. The highest BCUT2D eigenvalue weighted by Gasteiger charge is 2.48. The van der Waals surface area contributed by atoms with Crippen LogP contribution in [0, 0.1) is 5.41 Å². The number of carbonyl (C=O) groups excluding carboxylic acids is 2. The van der Waals surface area contributed by atoms with Crippen LogP contribution in [0.2, 0.25) is 0 Å². The molecule has 2 saturated heterocycles. The van der Waals surface area contributed by atoms with E-state index in [2.05, 4.69) is 4.98 Å². The molecule has 2 aliphatic heterocycles. The standard InChI is InChI=1S/C18H22F3N3O3/c1-23-11-13(27-2)10-17(16(23)26)4-7-24(8-5-17)15(25)12-3-6-22-14(9-12)18(19,20)21/h3,6,9,13H,4-5,7-8,10-11H2,1-2H3. The molecule has 3 rings (SSSR count). The van der Waals surface area contributed by atoms with E-state index in [1.54, 1.807) is 19.1 Å². The van der Waals surface area contributed by atoms with Crippen LogP contribution in [-0.4, -0.2) is 66.5 Å². The van der Waals surface area contributed by atoms with Crippen LogP contribution in [-0.2, 0) is 15.7 Å². The number of amides is 2. The van der Waals surface area contributed by atoms with E-state index in [0.717, 1.165) is 12.3 Å². The van der Waals surface area contributed by atoms with Gasteiger partial charge in [0, 0.05) is 45.6 Å². The van der Waals surface area contributed by atoms with Gasteiger partial charge in [0.05, 0.1) is 11.5 Å². The Labute approximate surface area is 155 Å². The van der Waals surface area contributed by atoms with Crippen molar-refractivity contribution in [1.29, 1.82) is 0 Å². The molecule has 2 aliphatic rings. The second-order valence-electron chi connectivity index (χ2n) is 7.25. The average molecular weight is 385 g/mol. The van der Waals surface area contributed by atoms with Gasteiger partial charge in [-0.15, -0.1) is 0 Å². The summed E-state index contributed by atoms with van der Waals surface area (Å²) >= 11 is 0. The third-order valence-electron chi connectivity index (χ3n) is 5.53. The fraction of sp³-hybridized carbons (Fsp3) is 0.611. The topological polar surface area (TPSA) is 62.7 Å². The molecule has 1 aromatic heterocycles. The van der Waals surface area contributed by atoms with E-state index in [1.807, 2.05) is 0 Å². The molecule has 1 unspecified atom stereocenters. The summed E-state index contributed by atoms with van der Waals surface area (Å²) in [5.74, 6) is -0.427. The highest BCUT2D eigenvalue weighted by molar-refractivity contribution is 5.94. The number of halogens is 3. The number of nitrogens with zero attached hydrogens (tertiary/aromatic N) is 3. The molecule has 0 radical (unpaired) electrons. The molecule has 1 aromatic rings. The number of hydrogen-bond donors (Lipinski definition) is 0. The Balaban J connectivity index is 1.72. The maximum Gasteiger partial charge on any atom is 0.433 e. The van der Waals surface area contributed by atoms with Gasteiger partial charge >= 0.3 is 6.18 Å². The summed E-state index contributed by atoms with van der Waals surface area (Å²) in [5.41, 5.74) is -1.70. The zero-order valence-corrected chi connectivity index (χ0v) is 15.3. The number of pyridine rings is 1. The summed E-state index contributed by atoms with van der Waals surface area (Å²) in [6.07, 6.45) is -2.12. The van der Waals surface area contributed by atoms with Gasteiger partial charge in [0.2, 0.25) is 5.91 Å². The highest BCUT2D eigenvalue weighted by atomic mass is 19.4. The van der Waals surface area contributed by atoms with Crippen molar-refractivity contribution < 1.29 is 27.5 Å². The molecular formula is C18H22F3N3O3. The number of carbonyl (C=O) groups is 2. The van der Waals surface area contributed by atoms with E-state index in [0.29, 0.717) is 38.9 Å². The van der Waals surface area contributed by atoms with E-state index < -0.39 is 23.2 Å². The molecule has 148 valence electrons. The van der Waals surface area contributed by atoms with E-state index in [4.69, 9.17) is 4.74 Å². The Morgan fingerprint density at radius 3 is 2.59 bits per heavy atom. The summed E-state index contributed by atoms with van der Waals surface area (Å²) in [6.45, 7) is 1.17. The maximum atomic E-state index is 12.8. The van der Waals surface area contributed by atoms with Gasteiger partial charge in [0.15, 0.2) is 0 Å². The van der Waals surface area contributed by atoms with Crippen LogP contribution in [0.3, 0.4) is 0 Å². The minimum atomic E-state index is -4.60. The molecule has 1 atom stereocenters. The van der Waals surface area contributed by atoms with E-state index in [9.17, 15) is 22.8 Å². The molecule has 3 heterocycles. The largest absolute Gasteiger partial charge is 0.433 e. The fourth-order valence-corrected chi connectivity index (χ4v) is 4.00. The molecule has 6 nitrogen and oxygen atoms in total. The van der Waals surface area contributed by atoms with Gasteiger partial charge in [-0.25, -0.2) is 0 Å². The van der Waals surface area contributed by atoms with Gasteiger partial charge in [-0.05, 0) is 31.4 Å². The number of methoxy groups -OCH3 is 1. The van der Waals surface area contributed by atoms with Crippen molar-refractivity contribution in [2.75, 3.05) is 33.8 Å². The smallest absolute Gasteiger partial charge is 0.380 e. The summed E-state index contributed by atoms with van der Waals surface area (Å²) in [7, 11) is 3.35. The predicted octanol–water partition coefficient (Wildman–Crippen LogP) is 2.20. The number of alkyl halides is 3. The van der Waals surface area contributed by atoms with Crippen molar-refractivity contribution in [3.8, 4) is 0 Å². The van der Waals surface area contributed by atoms with Crippen LogP contribution in [0.4, 0.5) is 13.2 Å². The molecule has 2 amide bonds. The lowest BCUT2D eigenvalue weighted by Gasteiger charge is -2.47. The van der Waals surface area contributed by atoms with E-state index >= 15 is 0 Å². The number of piperidine rings is 2. The van der Waals surface area contributed by atoms with E-state index in [-0.39, 0.29) is 17.6 Å². The average Bonchev–Trinajstić information content (AvgIpc) is 2.65. The third-order valence-corrected chi connectivity index (χ3v) is 5.53. The quantitative estimate of drug-likeness (QED) is 0.783. The van der Waals surface area contributed by atoms with Crippen LogP contribution in [0.15, 0.2) is 18.3 Å². The summed E-state index contributed by atoms with van der Waals surface area (Å²) in [5, 5.41) is 0. The van der Waals surface area contributed by atoms with Gasteiger partial charge in [-0.2, -0.15) is 13.2 Å². The summed E-state index contributed by atoms with van der Waals surface area (Å²) in [4.78, 5) is 31.8. The third kappa shape index (κ3) is 3.78. The molecule has 1 spiro atoms. The second kappa shape index (κ2) is 7.10. The number of rotatable bonds is 2. The lowest BCUT2D eigenvalue weighted by Crippen LogP contribution is -2.57. The predicted molar refractivity (Wildman–Crippen MR) is 89.9 cm³/mol. The number of ether oxygens (including phenoxy) is 1. The zero-order chi connectivity index (χ0) is 19.8. The number of hydrogen-bond acceptors (Lipinski definition) is 4. The SMILES string of the molecule is COC1CN(C)C(=O)C2(CCN(C(=O)c3ccnc(C(F)(F)F)c3)CC2)C1. The van der Waals surface area contributed by atoms with Gasteiger partial charge in [0.1, 0.15) is 5.69 Å².